The first-order chi connectivity index (χ1) is 10.1. The normalized spacial score (nSPS) is 10.7. The molecule has 0 saturated carbocycles. The monoisotopic (exact) mass is 283 g/mol. The number of nitrogens with zero attached hydrogens (tertiary/aromatic N) is 3. The quantitative estimate of drug-likeness (QED) is 0.750. The highest BCUT2D eigenvalue weighted by molar-refractivity contribution is 6.10. The van der Waals surface area contributed by atoms with E-state index in [2.05, 4.69) is 16.5 Å². The van der Waals surface area contributed by atoms with Gasteiger partial charge in [0.1, 0.15) is 11.4 Å². The zero-order valence-corrected chi connectivity index (χ0v) is 10.8. The summed E-state index contributed by atoms with van der Waals surface area (Å²) >= 11 is 0. The average Bonchev–Trinajstić information content (AvgIpc) is 2.85. The Morgan fingerprint density at radius 2 is 2.05 bits per heavy atom. The summed E-state index contributed by atoms with van der Waals surface area (Å²) in [4.78, 5) is 20.6. The van der Waals surface area contributed by atoms with Gasteiger partial charge >= 0.3 is 0 Å². The average molecular weight is 283 g/mol. The van der Waals surface area contributed by atoms with Crippen molar-refractivity contribution in [2.45, 2.75) is 0 Å². The van der Waals surface area contributed by atoms with Crippen molar-refractivity contribution in [3.05, 3.63) is 66.0 Å². The predicted octanol–water partition coefficient (Wildman–Crippen LogP) is 2.45. The smallest absolute Gasteiger partial charge is 0.235 e. The van der Waals surface area contributed by atoms with Gasteiger partial charge in [0.15, 0.2) is 5.82 Å². The minimum atomic E-state index is -0.574. The molecule has 6 heteroatoms. The maximum Gasteiger partial charge on any atom is 0.235 e. The lowest BCUT2D eigenvalue weighted by Gasteiger charge is -2.03. The molecule has 0 aliphatic heterocycles. The number of hydrogen-bond donors (Lipinski definition) is 1. The van der Waals surface area contributed by atoms with Crippen molar-refractivity contribution in [2.75, 3.05) is 0 Å². The van der Waals surface area contributed by atoms with E-state index in [1.165, 1.54) is 34.7 Å². The minimum Gasteiger partial charge on any atom is -0.508 e. The predicted molar refractivity (Wildman–Crippen MR) is 74.6 cm³/mol. The van der Waals surface area contributed by atoms with Gasteiger partial charge in [0.2, 0.25) is 11.6 Å². The summed E-state index contributed by atoms with van der Waals surface area (Å²) in [5.41, 5.74) is 0.853. The van der Waals surface area contributed by atoms with E-state index in [1.807, 2.05) is 0 Å². The van der Waals surface area contributed by atoms with Crippen LogP contribution >= 0.6 is 0 Å². The van der Waals surface area contributed by atoms with Crippen molar-refractivity contribution in [1.82, 2.24) is 14.4 Å². The van der Waals surface area contributed by atoms with Crippen molar-refractivity contribution in [3.63, 3.8) is 0 Å². The fraction of sp³-hybridized carbons (Fsp3) is 0. The number of ketones is 1. The number of halogens is 1. The Labute approximate surface area is 119 Å². The van der Waals surface area contributed by atoms with Crippen LogP contribution in [-0.4, -0.2) is 25.3 Å². The highest BCUT2D eigenvalue weighted by Gasteiger charge is 2.20. The number of fused-ring (bicyclic) bond motifs is 1. The summed E-state index contributed by atoms with van der Waals surface area (Å²) in [5.74, 6) is -0.658. The molecular formula is C15H10FN3O2. The van der Waals surface area contributed by atoms with Crippen LogP contribution in [0.2, 0.25) is 0 Å². The summed E-state index contributed by atoms with van der Waals surface area (Å²) in [7, 11) is 0. The third-order valence-electron chi connectivity index (χ3n) is 3.01. The molecule has 0 aliphatic carbocycles. The van der Waals surface area contributed by atoms with Gasteiger partial charge in [-0.05, 0) is 30.3 Å². The van der Waals surface area contributed by atoms with Gasteiger partial charge in [0.05, 0.1) is 18.1 Å². The summed E-state index contributed by atoms with van der Waals surface area (Å²) in [5, 5.41) is 9.27. The molecule has 2 heterocycles. The number of carbonyl (C=O) groups excluding carboxylic acids is 1. The minimum absolute atomic E-state index is 0.0568. The Kier molecular flexibility index (Phi) is 2.98. The first-order valence-corrected chi connectivity index (χ1v) is 6.10. The maximum absolute atomic E-state index is 13.4. The zero-order chi connectivity index (χ0) is 15.0. The van der Waals surface area contributed by atoms with Gasteiger partial charge in [0.25, 0.3) is 0 Å². The molecule has 0 radical (unpaired) electrons. The molecule has 3 rings (SSSR count). The van der Waals surface area contributed by atoms with Gasteiger partial charge in [-0.15, -0.1) is 0 Å². The lowest BCUT2D eigenvalue weighted by atomic mass is 10.1. The van der Waals surface area contributed by atoms with Crippen LogP contribution in [0.5, 0.6) is 5.75 Å². The fourth-order valence-corrected chi connectivity index (χ4v) is 2.04. The molecule has 21 heavy (non-hydrogen) atoms. The third-order valence-corrected chi connectivity index (χ3v) is 3.01. The SMILES string of the molecule is C=Cc1nc2ncc(F)cn2c1C(=O)c1ccc(O)cc1. The van der Waals surface area contributed by atoms with Crippen molar-refractivity contribution in [3.8, 4) is 5.75 Å². The highest BCUT2D eigenvalue weighted by atomic mass is 19.1. The molecule has 0 bridgehead atoms. The Hall–Kier alpha value is -3.02. The number of phenols is 1. The molecule has 0 atom stereocenters. The van der Waals surface area contributed by atoms with E-state index in [-0.39, 0.29) is 23.0 Å². The van der Waals surface area contributed by atoms with Crippen LogP contribution in [0.15, 0.2) is 43.2 Å². The van der Waals surface area contributed by atoms with Crippen LogP contribution in [0.1, 0.15) is 21.7 Å². The summed E-state index contributed by atoms with van der Waals surface area (Å²) in [6.45, 7) is 3.61. The van der Waals surface area contributed by atoms with Gasteiger partial charge in [-0.25, -0.2) is 14.4 Å². The van der Waals surface area contributed by atoms with Crippen LogP contribution < -0.4 is 0 Å². The van der Waals surface area contributed by atoms with Gasteiger partial charge in [0, 0.05) is 5.56 Å². The van der Waals surface area contributed by atoms with Crippen LogP contribution in [0.3, 0.4) is 0 Å². The lowest BCUT2D eigenvalue weighted by Crippen LogP contribution is -2.07. The van der Waals surface area contributed by atoms with E-state index in [9.17, 15) is 14.3 Å². The molecule has 0 fully saturated rings. The Morgan fingerprint density at radius 1 is 1.33 bits per heavy atom. The molecule has 0 spiro atoms. The number of hydrogen-bond acceptors (Lipinski definition) is 4. The molecule has 3 aromatic rings. The van der Waals surface area contributed by atoms with Crippen molar-refractivity contribution in [1.29, 1.82) is 0 Å². The molecule has 104 valence electrons. The van der Waals surface area contributed by atoms with Crippen LogP contribution in [0.25, 0.3) is 11.9 Å². The van der Waals surface area contributed by atoms with Gasteiger partial charge < -0.3 is 5.11 Å². The number of benzene rings is 1. The van der Waals surface area contributed by atoms with E-state index in [0.717, 1.165) is 12.4 Å². The van der Waals surface area contributed by atoms with Gasteiger partial charge in [-0.2, -0.15) is 0 Å². The number of aromatic nitrogens is 3. The number of aromatic hydroxyl groups is 1. The number of carbonyl (C=O) groups is 1. The summed E-state index contributed by atoms with van der Waals surface area (Å²) in [6, 6.07) is 5.78. The van der Waals surface area contributed by atoms with Crippen molar-refractivity contribution < 1.29 is 14.3 Å². The first kappa shape index (κ1) is 13.0. The number of phenolic OH excluding ortho intramolecular Hbond substituents is 1. The molecule has 5 nitrogen and oxygen atoms in total. The maximum atomic E-state index is 13.4. The molecule has 0 unspecified atom stereocenters. The topological polar surface area (TPSA) is 67.5 Å². The fourth-order valence-electron chi connectivity index (χ4n) is 2.04. The summed E-state index contributed by atoms with van der Waals surface area (Å²) < 4.78 is 14.7. The molecule has 1 N–H and O–H groups in total. The standard InChI is InChI=1S/C15H10FN3O2/c1-2-12-13(14(21)9-3-5-11(20)6-4-9)19-8-10(16)7-17-15(19)18-12/h2-8,20H,1H2. The Bertz CT molecular complexity index is 853. The molecule has 0 saturated heterocycles. The first-order valence-electron chi connectivity index (χ1n) is 6.10. The Morgan fingerprint density at radius 3 is 2.71 bits per heavy atom. The second-order valence-electron chi connectivity index (χ2n) is 4.37. The highest BCUT2D eigenvalue weighted by Crippen LogP contribution is 2.19. The molecular weight excluding hydrogens is 273 g/mol. The zero-order valence-electron chi connectivity index (χ0n) is 10.8. The van der Waals surface area contributed by atoms with Gasteiger partial charge in [-0.3, -0.25) is 9.20 Å². The third kappa shape index (κ3) is 2.16. The van der Waals surface area contributed by atoms with E-state index in [1.54, 1.807) is 0 Å². The van der Waals surface area contributed by atoms with Crippen molar-refractivity contribution >= 4 is 17.6 Å². The van der Waals surface area contributed by atoms with E-state index in [4.69, 9.17) is 0 Å². The molecule has 0 aliphatic rings. The second kappa shape index (κ2) is 4.82. The molecule has 2 aromatic heterocycles. The number of imidazole rings is 1. The number of rotatable bonds is 3. The van der Waals surface area contributed by atoms with Crippen LogP contribution in [-0.2, 0) is 0 Å². The lowest BCUT2D eigenvalue weighted by molar-refractivity contribution is 0.103. The van der Waals surface area contributed by atoms with E-state index in [0.29, 0.717) is 11.3 Å². The second-order valence-corrected chi connectivity index (χ2v) is 4.37. The van der Waals surface area contributed by atoms with Crippen LogP contribution in [0, 0.1) is 5.82 Å². The van der Waals surface area contributed by atoms with Crippen molar-refractivity contribution in [2.24, 2.45) is 0 Å². The Balaban J connectivity index is 2.22. The summed E-state index contributed by atoms with van der Waals surface area (Å²) in [6.07, 6.45) is 3.60. The van der Waals surface area contributed by atoms with E-state index >= 15 is 0 Å². The molecule has 1 aromatic carbocycles. The van der Waals surface area contributed by atoms with Crippen LogP contribution in [0.4, 0.5) is 4.39 Å². The van der Waals surface area contributed by atoms with Gasteiger partial charge in [-0.1, -0.05) is 6.58 Å². The molecule has 0 amide bonds. The van der Waals surface area contributed by atoms with E-state index < -0.39 is 5.82 Å². The largest absolute Gasteiger partial charge is 0.508 e.